The Balaban J connectivity index is 2.18. The van der Waals surface area contributed by atoms with Gasteiger partial charge in [-0.25, -0.2) is 4.39 Å². The van der Waals surface area contributed by atoms with E-state index in [0.29, 0.717) is 17.8 Å². The van der Waals surface area contributed by atoms with Crippen molar-refractivity contribution in [1.82, 2.24) is 0 Å². The number of nitrogens with zero attached hydrogens (tertiary/aromatic N) is 1. The lowest BCUT2D eigenvalue weighted by Crippen LogP contribution is -2.03. The number of hydrogen-bond acceptors (Lipinski definition) is 3. The summed E-state index contributed by atoms with van der Waals surface area (Å²) < 4.78 is 13.2. The zero-order chi connectivity index (χ0) is 14.7. The van der Waals surface area contributed by atoms with Gasteiger partial charge in [0.05, 0.1) is 4.92 Å². The zero-order valence-corrected chi connectivity index (χ0v) is 11.3. The SMILES string of the molecule is Cc1ccc(NCc2ccc(F)c(C)c2)c([N+](=O)[O-])c1. The minimum absolute atomic E-state index is 0.0452. The van der Waals surface area contributed by atoms with Gasteiger partial charge in [0, 0.05) is 12.6 Å². The molecule has 0 fully saturated rings. The van der Waals surface area contributed by atoms with Crippen LogP contribution in [0.3, 0.4) is 0 Å². The standard InChI is InChI=1S/C15H15FN2O2/c1-10-3-6-14(15(7-10)18(19)20)17-9-12-4-5-13(16)11(2)8-12/h3-8,17H,9H2,1-2H3. The van der Waals surface area contributed by atoms with Crippen molar-refractivity contribution in [2.75, 3.05) is 5.32 Å². The second kappa shape index (κ2) is 5.69. The molecule has 0 saturated carbocycles. The van der Waals surface area contributed by atoms with Gasteiger partial charge < -0.3 is 5.32 Å². The molecule has 0 aromatic heterocycles. The first kappa shape index (κ1) is 14.0. The Morgan fingerprint density at radius 2 is 1.95 bits per heavy atom. The monoisotopic (exact) mass is 274 g/mol. The van der Waals surface area contributed by atoms with E-state index < -0.39 is 4.92 Å². The van der Waals surface area contributed by atoms with E-state index in [2.05, 4.69) is 5.32 Å². The van der Waals surface area contributed by atoms with Crippen LogP contribution in [0.15, 0.2) is 36.4 Å². The summed E-state index contributed by atoms with van der Waals surface area (Å²) in [7, 11) is 0. The lowest BCUT2D eigenvalue weighted by Gasteiger charge is -2.08. The predicted molar refractivity (Wildman–Crippen MR) is 76.3 cm³/mol. The van der Waals surface area contributed by atoms with Gasteiger partial charge in [-0.2, -0.15) is 0 Å². The molecule has 0 atom stereocenters. The molecule has 0 bridgehead atoms. The molecule has 2 aromatic carbocycles. The fourth-order valence-electron chi connectivity index (χ4n) is 1.96. The summed E-state index contributed by atoms with van der Waals surface area (Å²) >= 11 is 0. The second-order valence-corrected chi connectivity index (χ2v) is 4.71. The Morgan fingerprint density at radius 1 is 1.20 bits per heavy atom. The number of hydrogen-bond donors (Lipinski definition) is 1. The van der Waals surface area contributed by atoms with Crippen LogP contribution in [0.4, 0.5) is 15.8 Å². The largest absolute Gasteiger partial charge is 0.375 e. The molecule has 0 aliphatic carbocycles. The summed E-state index contributed by atoms with van der Waals surface area (Å²) in [5.74, 6) is -0.255. The first-order valence-corrected chi connectivity index (χ1v) is 6.21. The molecule has 20 heavy (non-hydrogen) atoms. The Labute approximate surface area is 116 Å². The Morgan fingerprint density at radius 3 is 2.60 bits per heavy atom. The highest BCUT2D eigenvalue weighted by atomic mass is 19.1. The van der Waals surface area contributed by atoms with E-state index >= 15 is 0 Å². The van der Waals surface area contributed by atoms with Crippen molar-refractivity contribution in [1.29, 1.82) is 0 Å². The number of halogens is 1. The van der Waals surface area contributed by atoms with Gasteiger partial charge in [-0.05, 0) is 42.7 Å². The van der Waals surface area contributed by atoms with Crippen molar-refractivity contribution in [3.05, 3.63) is 69.0 Å². The van der Waals surface area contributed by atoms with Gasteiger partial charge in [-0.3, -0.25) is 10.1 Å². The number of benzene rings is 2. The molecule has 0 spiro atoms. The van der Waals surface area contributed by atoms with Crippen LogP contribution in [0.25, 0.3) is 0 Å². The van der Waals surface area contributed by atoms with Crippen molar-refractivity contribution in [3.63, 3.8) is 0 Å². The molecule has 0 heterocycles. The molecule has 1 N–H and O–H groups in total. The number of nitro benzene ring substituents is 1. The summed E-state index contributed by atoms with van der Waals surface area (Å²) in [5, 5.41) is 14.0. The van der Waals surface area contributed by atoms with E-state index in [1.54, 1.807) is 32.0 Å². The summed E-state index contributed by atoms with van der Waals surface area (Å²) in [6, 6.07) is 9.81. The van der Waals surface area contributed by atoms with E-state index in [9.17, 15) is 14.5 Å². The highest BCUT2D eigenvalue weighted by Gasteiger charge is 2.13. The van der Waals surface area contributed by atoms with Gasteiger partial charge in [0.2, 0.25) is 0 Å². The third-order valence-corrected chi connectivity index (χ3v) is 3.06. The van der Waals surface area contributed by atoms with Crippen molar-refractivity contribution < 1.29 is 9.31 Å². The summed E-state index contributed by atoms with van der Waals surface area (Å²) in [6.45, 7) is 3.90. The molecule has 4 nitrogen and oxygen atoms in total. The van der Waals surface area contributed by atoms with E-state index in [0.717, 1.165) is 11.1 Å². The topological polar surface area (TPSA) is 55.2 Å². The Hall–Kier alpha value is -2.43. The molecule has 0 aliphatic heterocycles. The molecule has 0 unspecified atom stereocenters. The van der Waals surface area contributed by atoms with Gasteiger partial charge in [-0.1, -0.05) is 18.2 Å². The maximum absolute atomic E-state index is 13.2. The van der Waals surface area contributed by atoms with Crippen LogP contribution >= 0.6 is 0 Å². The van der Waals surface area contributed by atoms with Crippen LogP contribution in [-0.4, -0.2) is 4.92 Å². The van der Waals surface area contributed by atoms with Gasteiger partial charge >= 0.3 is 0 Å². The molecule has 0 aliphatic rings. The van der Waals surface area contributed by atoms with Crippen LogP contribution in [0, 0.1) is 29.8 Å². The normalized spacial score (nSPS) is 10.3. The molecule has 0 amide bonds. The summed E-state index contributed by atoms with van der Waals surface area (Å²) in [4.78, 5) is 10.6. The van der Waals surface area contributed by atoms with Crippen molar-refractivity contribution in [2.45, 2.75) is 20.4 Å². The Kier molecular flexibility index (Phi) is 3.98. The predicted octanol–water partition coefficient (Wildman–Crippen LogP) is 3.96. The van der Waals surface area contributed by atoms with Gasteiger partial charge in [0.15, 0.2) is 0 Å². The van der Waals surface area contributed by atoms with Gasteiger partial charge in [0.25, 0.3) is 5.69 Å². The fraction of sp³-hybridized carbons (Fsp3) is 0.200. The van der Waals surface area contributed by atoms with Crippen LogP contribution < -0.4 is 5.32 Å². The van der Waals surface area contributed by atoms with E-state index in [1.165, 1.54) is 12.1 Å². The van der Waals surface area contributed by atoms with Crippen LogP contribution in [0.1, 0.15) is 16.7 Å². The third kappa shape index (κ3) is 3.12. The van der Waals surface area contributed by atoms with E-state index in [1.807, 2.05) is 6.07 Å². The van der Waals surface area contributed by atoms with Crippen molar-refractivity contribution in [2.24, 2.45) is 0 Å². The number of nitro groups is 1. The van der Waals surface area contributed by atoms with Gasteiger partial charge in [-0.15, -0.1) is 0 Å². The highest BCUT2D eigenvalue weighted by Crippen LogP contribution is 2.25. The molecule has 104 valence electrons. The highest BCUT2D eigenvalue weighted by molar-refractivity contribution is 5.62. The Bertz CT molecular complexity index is 656. The third-order valence-electron chi connectivity index (χ3n) is 3.06. The molecule has 2 aromatic rings. The van der Waals surface area contributed by atoms with E-state index in [4.69, 9.17) is 0 Å². The number of aryl methyl sites for hydroxylation is 2. The molecular weight excluding hydrogens is 259 g/mol. The molecule has 0 saturated heterocycles. The fourth-order valence-corrected chi connectivity index (χ4v) is 1.96. The quantitative estimate of drug-likeness (QED) is 0.678. The maximum Gasteiger partial charge on any atom is 0.292 e. The second-order valence-electron chi connectivity index (χ2n) is 4.71. The summed E-state index contributed by atoms with van der Waals surface area (Å²) in [6.07, 6.45) is 0. The average molecular weight is 274 g/mol. The first-order chi connectivity index (χ1) is 9.47. The number of anilines is 1. The smallest absolute Gasteiger partial charge is 0.292 e. The van der Waals surface area contributed by atoms with Crippen LogP contribution in [0.5, 0.6) is 0 Å². The maximum atomic E-state index is 13.2. The van der Waals surface area contributed by atoms with Gasteiger partial charge in [0.1, 0.15) is 11.5 Å². The minimum Gasteiger partial charge on any atom is -0.375 e. The first-order valence-electron chi connectivity index (χ1n) is 6.21. The van der Waals surface area contributed by atoms with Crippen molar-refractivity contribution >= 4 is 11.4 Å². The summed E-state index contributed by atoms with van der Waals surface area (Å²) in [5.41, 5.74) is 2.77. The molecular formula is C15H15FN2O2. The molecule has 5 heteroatoms. The number of nitrogens with one attached hydrogen (secondary N) is 1. The van der Waals surface area contributed by atoms with E-state index in [-0.39, 0.29) is 11.5 Å². The zero-order valence-electron chi connectivity index (χ0n) is 11.3. The van der Waals surface area contributed by atoms with Crippen LogP contribution in [-0.2, 0) is 6.54 Å². The van der Waals surface area contributed by atoms with Crippen LogP contribution in [0.2, 0.25) is 0 Å². The molecule has 0 radical (unpaired) electrons. The van der Waals surface area contributed by atoms with Crippen molar-refractivity contribution in [3.8, 4) is 0 Å². The number of rotatable bonds is 4. The lowest BCUT2D eigenvalue weighted by atomic mass is 10.1. The lowest BCUT2D eigenvalue weighted by molar-refractivity contribution is -0.384. The average Bonchev–Trinajstić information content (AvgIpc) is 2.41. The molecule has 2 rings (SSSR count). The minimum atomic E-state index is -0.411.